The van der Waals surface area contributed by atoms with Crippen LogP contribution in [0.25, 0.3) is 11.1 Å². The minimum absolute atomic E-state index is 0.0135. The maximum Gasteiger partial charge on any atom is 0.253 e. The van der Waals surface area contributed by atoms with Crippen LogP contribution in [0.2, 0.25) is 0 Å². The Bertz CT molecular complexity index is 960. The van der Waals surface area contributed by atoms with Crippen LogP contribution in [0, 0.1) is 5.82 Å². The summed E-state index contributed by atoms with van der Waals surface area (Å²) in [5.74, 6) is -1.52. The standard InChI is InChI=1S/C21H18FN3O2/c22-20-15(13-25-21(27)16-7-4-10-24-12-16)8-9-17(18(20)11-19(23)26)14-5-2-1-3-6-14/h1-10,12H,11,13H2,(H2,23,26)(H,25,27). The lowest BCUT2D eigenvalue weighted by molar-refractivity contribution is -0.117. The number of primary amides is 1. The third-order valence-electron chi connectivity index (χ3n) is 4.12. The van der Waals surface area contributed by atoms with Gasteiger partial charge in [-0.05, 0) is 23.3 Å². The van der Waals surface area contributed by atoms with Crippen LogP contribution in [-0.4, -0.2) is 16.8 Å². The first-order valence-electron chi connectivity index (χ1n) is 8.38. The zero-order valence-corrected chi connectivity index (χ0v) is 14.5. The summed E-state index contributed by atoms with van der Waals surface area (Å²) in [6.07, 6.45) is 2.78. The van der Waals surface area contributed by atoms with Crippen molar-refractivity contribution in [1.82, 2.24) is 10.3 Å². The van der Waals surface area contributed by atoms with Crippen LogP contribution in [0.5, 0.6) is 0 Å². The van der Waals surface area contributed by atoms with Crippen LogP contribution in [0.1, 0.15) is 21.5 Å². The summed E-state index contributed by atoms with van der Waals surface area (Å²) < 4.78 is 15.1. The van der Waals surface area contributed by atoms with Gasteiger partial charge in [-0.2, -0.15) is 0 Å². The van der Waals surface area contributed by atoms with Gasteiger partial charge in [0, 0.05) is 30.1 Å². The second-order valence-corrected chi connectivity index (χ2v) is 6.00. The number of nitrogens with one attached hydrogen (secondary N) is 1. The van der Waals surface area contributed by atoms with Gasteiger partial charge < -0.3 is 11.1 Å². The van der Waals surface area contributed by atoms with E-state index in [4.69, 9.17) is 5.73 Å². The van der Waals surface area contributed by atoms with Crippen molar-refractivity contribution in [2.45, 2.75) is 13.0 Å². The Balaban J connectivity index is 1.88. The van der Waals surface area contributed by atoms with E-state index in [1.165, 1.54) is 6.20 Å². The number of nitrogens with zero attached hydrogens (tertiary/aromatic N) is 1. The van der Waals surface area contributed by atoms with Crippen molar-refractivity contribution < 1.29 is 14.0 Å². The van der Waals surface area contributed by atoms with Gasteiger partial charge in [0.25, 0.3) is 5.91 Å². The predicted molar refractivity (Wildman–Crippen MR) is 100 cm³/mol. The van der Waals surface area contributed by atoms with E-state index in [2.05, 4.69) is 10.3 Å². The van der Waals surface area contributed by atoms with E-state index < -0.39 is 11.7 Å². The van der Waals surface area contributed by atoms with Crippen molar-refractivity contribution in [2.75, 3.05) is 0 Å². The Morgan fingerprint density at radius 3 is 2.48 bits per heavy atom. The van der Waals surface area contributed by atoms with E-state index in [9.17, 15) is 9.59 Å². The molecule has 0 atom stereocenters. The molecule has 1 aromatic heterocycles. The van der Waals surface area contributed by atoms with Gasteiger partial charge in [0.1, 0.15) is 5.82 Å². The van der Waals surface area contributed by atoms with Crippen LogP contribution >= 0.6 is 0 Å². The maximum atomic E-state index is 15.1. The normalized spacial score (nSPS) is 10.4. The summed E-state index contributed by atoms with van der Waals surface area (Å²) in [6, 6.07) is 15.8. The van der Waals surface area contributed by atoms with E-state index in [-0.39, 0.29) is 30.0 Å². The van der Waals surface area contributed by atoms with Crippen molar-refractivity contribution in [3.05, 3.63) is 89.5 Å². The van der Waals surface area contributed by atoms with Crippen LogP contribution in [-0.2, 0) is 17.8 Å². The van der Waals surface area contributed by atoms with Gasteiger partial charge in [-0.3, -0.25) is 14.6 Å². The molecular formula is C21H18FN3O2. The third-order valence-corrected chi connectivity index (χ3v) is 4.12. The Labute approximate surface area is 156 Å². The summed E-state index contributed by atoms with van der Waals surface area (Å²) in [6.45, 7) is -0.0135. The number of carbonyl (C=O) groups excluding carboxylic acids is 2. The van der Waals surface area contributed by atoms with Gasteiger partial charge >= 0.3 is 0 Å². The van der Waals surface area contributed by atoms with E-state index >= 15 is 4.39 Å². The number of rotatable bonds is 6. The van der Waals surface area contributed by atoms with Crippen molar-refractivity contribution in [3.8, 4) is 11.1 Å². The molecule has 2 aromatic carbocycles. The molecule has 3 N–H and O–H groups in total. The molecule has 136 valence electrons. The van der Waals surface area contributed by atoms with Gasteiger partial charge in [0.15, 0.2) is 0 Å². The summed E-state index contributed by atoms with van der Waals surface area (Å²) in [4.78, 5) is 27.5. The van der Waals surface area contributed by atoms with Crippen molar-refractivity contribution >= 4 is 11.8 Å². The van der Waals surface area contributed by atoms with Crippen molar-refractivity contribution in [1.29, 1.82) is 0 Å². The molecule has 1 heterocycles. The molecule has 3 aromatic rings. The number of hydrogen-bond donors (Lipinski definition) is 2. The summed E-state index contributed by atoms with van der Waals surface area (Å²) in [5.41, 5.74) is 7.59. The van der Waals surface area contributed by atoms with Gasteiger partial charge in [0.2, 0.25) is 5.91 Å². The predicted octanol–water partition coefficient (Wildman–Crippen LogP) is 2.85. The summed E-state index contributed by atoms with van der Waals surface area (Å²) in [5, 5.41) is 2.66. The Morgan fingerprint density at radius 2 is 1.81 bits per heavy atom. The molecular weight excluding hydrogens is 345 g/mol. The number of benzene rings is 2. The molecule has 0 saturated heterocycles. The number of pyridine rings is 1. The highest BCUT2D eigenvalue weighted by Gasteiger charge is 2.17. The largest absolute Gasteiger partial charge is 0.369 e. The minimum Gasteiger partial charge on any atom is -0.369 e. The van der Waals surface area contributed by atoms with E-state index in [1.54, 1.807) is 30.5 Å². The SMILES string of the molecule is NC(=O)Cc1c(-c2ccccc2)ccc(CNC(=O)c2cccnc2)c1F. The number of nitrogens with two attached hydrogens (primary N) is 1. The molecule has 27 heavy (non-hydrogen) atoms. The topological polar surface area (TPSA) is 85.1 Å². The zero-order chi connectivity index (χ0) is 19.2. The first-order chi connectivity index (χ1) is 13.1. The molecule has 0 spiro atoms. The van der Waals surface area contributed by atoms with Crippen LogP contribution in [0.15, 0.2) is 67.0 Å². The first kappa shape index (κ1) is 18.3. The van der Waals surface area contributed by atoms with Crippen molar-refractivity contribution in [3.63, 3.8) is 0 Å². The van der Waals surface area contributed by atoms with Crippen LogP contribution in [0.4, 0.5) is 4.39 Å². The number of amides is 2. The van der Waals surface area contributed by atoms with E-state index in [0.717, 1.165) is 5.56 Å². The maximum absolute atomic E-state index is 15.1. The lowest BCUT2D eigenvalue weighted by Gasteiger charge is -2.14. The Hall–Kier alpha value is -3.54. The molecule has 5 nitrogen and oxygen atoms in total. The molecule has 6 heteroatoms. The molecule has 0 aliphatic carbocycles. The zero-order valence-electron chi connectivity index (χ0n) is 14.5. The number of carbonyl (C=O) groups is 2. The van der Waals surface area contributed by atoms with Crippen LogP contribution in [0.3, 0.4) is 0 Å². The number of hydrogen-bond acceptors (Lipinski definition) is 3. The average molecular weight is 363 g/mol. The van der Waals surface area contributed by atoms with Crippen molar-refractivity contribution in [2.24, 2.45) is 5.73 Å². The molecule has 0 fully saturated rings. The molecule has 0 unspecified atom stereocenters. The molecule has 0 aliphatic heterocycles. The summed E-state index contributed by atoms with van der Waals surface area (Å²) in [7, 11) is 0. The van der Waals surface area contributed by atoms with Gasteiger partial charge in [-0.15, -0.1) is 0 Å². The average Bonchev–Trinajstić information content (AvgIpc) is 2.69. The highest BCUT2D eigenvalue weighted by molar-refractivity contribution is 5.93. The highest BCUT2D eigenvalue weighted by atomic mass is 19.1. The van der Waals surface area contributed by atoms with Gasteiger partial charge in [-0.25, -0.2) is 4.39 Å². The van der Waals surface area contributed by atoms with E-state index in [1.807, 2.05) is 30.3 Å². The highest BCUT2D eigenvalue weighted by Crippen LogP contribution is 2.28. The van der Waals surface area contributed by atoms with Gasteiger partial charge in [0.05, 0.1) is 12.0 Å². The Morgan fingerprint density at radius 1 is 1.04 bits per heavy atom. The monoisotopic (exact) mass is 363 g/mol. The third kappa shape index (κ3) is 4.36. The molecule has 3 rings (SSSR count). The molecule has 0 radical (unpaired) electrons. The van der Waals surface area contributed by atoms with E-state index in [0.29, 0.717) is 11.1 Å². The quantitative estimate of drug-likeness (QED) is 0.706. The number of aromatic nitrogens is 1. The fourth-order valence-corrected chi connectivity index (χ4v) is 2.82. The molecule has 0 bridgehead atoms. The lowest BCUT2D eigenvalue weighted by atomic mass is 9.94. The fourth-order valence-electron chi connectivity index (χ4n) is 2.82. The smallest absolute Gasteiger partial charge is 0.253 e. The summed E-state index contributed by atoms with van der Waals surface area (Å²) >= 11 is 0. The molecule has 0 aliphatic rings. The molecule has 2 amide bonds. The second kappa shape index (κ2) is 8.23. The number of halogens is 1. The first-order valence-corrected chi connectivity index (χ1v) is 8.38. The second-order valence-electron chi connectivity index (χ2n) is 6.00. The van der Waals surface area contributed by atoms with Crippen LogP contribution < -0.4 is 11.1 Å². The fraction of sp³-hybridized carbons (Fsp3) is 0.0952. The Kier molecular flexibility index (Phi) is 5.56. The molecule has 0 saturated carbocycles. The lowest BCUT2D eigenvalue weighted by Crippen LogP contribution is -2.24. The van der Waals surface area contributed by atoms with Gasteiger partial charge in [-0.1, -0.05) is 42.5 Å². The minimum atomic E-state index is -0.623.